The smallest absolute Gasteiger partial charge is 0.243 e. The van der Waals surface area contributed by atoms with Gasteiger partial charge in [0.25, 0.3) is 0 Å². The number of methoxy groups -OCH3 is 1. The third-order valence-electron chi connectivity index (χ3n) is 4.22. The first-order valence-electron chi connectivity index (χ1n) is 8.69. The van der Waals surface area contributed by atoms with Crippen LogP contribution in [0, 0.1) is 6.92 Å². The van der Waals surface area contributed by atoms with E-state index in [9.17, 15) is 13.2 Å². The Bertz CT molecular complexity index is 882. The molecule has 2 aromatic carbocycles. The van der Waals surface area contributed by atoms with Crippen molar-refractivity contribution in [3.05, 3.63) is 59.7 Å². The van der Waals surface area contributed by atoms with Crippen molar-refractivity contribution < 1.29 is 17.9 Å². The van der Waals surface area contributed by atoms with Gasteiger partial charge in [-0.2, -0.15) is 0 Å². The number of nitrogens with zero attached hydrogens (tertiary/aromatic N) is 1. The summed E-state index contributed by atoms with van der Waals surface area (Å²) in [6.07, 6.45) is 1.76. The third kappa shape index (κ3) is 5.47. The van der Waals surface area contributed by atoms with Gasteiger partial charge in [0.2, 0.25) is 15.9 Å². The quantitative estimate of drug-likeness (QED) is 0.751. The van der Waals surface area contributed by atoms with Gasteiger partial charge in [-0.1, -0.05) is 36.4 Å². The molecule has 27 heavy (non-hydrogen) atoms. The number of rotatable bonds is 8. The van der Waals surface area contributed by atoms with E-state index in [1.807, 2.05) is 43.3 Å². The first-order chi connectivity index (χ1) is 12.7. The number of carbonyl (C=O) groups is 1. The maximum absolute atomic E-state index is 12.6. The average molecular weight is 391 g/mol. The van der Waals surface area contributed by atoms with E-state index in [0.29, 0.717) is 24.4 Å². The second-order valence-corrected chi connectivity index (χ2v) is 8.30. The first kappa shape index (κ1) is 20.8. The predicted octanol–water partition coefficient (Wildman–Crippen LogP) is 2.52. The van der Waals surface area contributed by atoms with E-state index in [-0.39, 0.29) is 5.91 Å². The molecule has 0 unspecified atom stereocenters. The van der Waals surface area contributed by atoms with Gasteiger partial charge in [-0.05, 0) is 43.5 Å². The van der Waals surface area contributed by atoms with Gasteiger partial charge in [-0.25, -0.2) is 8.42 Å². The van der Waals surface area contributed by atoms with Crippen LogP contribution < -0.4 is 14.4 Å². The van der Waals surface area contributed by atoms with Crippen LogP contribution in [0.25, 0.3) is 0 Å². The molecule has 0 spiro atoms. The van der Waals surface area contributed by atoms with Crippen molar-refractivity contribution in [2.45, 2.75) is 26.3 Å². The molecule has 0 aliphatic heterocycles. The van der Waals surface area contributed by atoms with Crippen LogP contribution in [-0.4, -0.2) is 40.3 Å². The van der Waals surface area contributed by atoms with Crippen LogP contribution in [0.15, 0.2) is 48.5 Å². The number of anilines is 1. The van der Waals surface area contributed by atoms with Crippen LogP contribution in [0.2, 0.25) is 0 Å². The lowest BCUT2D eigenvalue weighted by Gasteiger charge is -2.29. The highest BCUT2D eigenvalue weighted by Crippen LogP contribution is 2.32. The van der Waals surface area contributed by atoms with E-state index >= 15 is 0 Å². The van der Waals surface area contributed by atoms with Gasteiger partial charge >= 0.3 is 0 Å². The Kier molecular flexibility index (Phi) is 6.85. The molecule has 1 amide bonds. The maximum atomic E-state index is 12.6. The Morgan fingerprint density at radius 1 is 1.19 bits per heavy atom. The van der Waals surface area contributed by atoms with Crippen molar-refractivity contribution in [2.75, 3.05) is 24.2 Å². The molecule has 0 aliphatic carbocycles. The van der Waals surface area contributed by atoms with Crippen molar-refractivity contribution in [3.63, 3.8) is 0 Å². The van der Waals surface area contributed by atoms with Crippen LogP contribution in [0.5, 0.6) is 5.75 Å². The van der Waals surface area contributed by atoms with E-state index in [0.717, 1.165) is 21.7 Å². The standard InChI is InChI=1S/C20H26N2O4S/c1-15-10-11-19(26-3)18(14-15)22(27(4,24)25)16(2)20(23)21-13-12-17-8-6-5-7-9-17/h5-11,14,16H,12-13H2,1-4H3,(H,21,23)/t16-/m0/s1. The largest absolute Gasteiger partial charge is 0.495 e. The Morgan fingerprint density at radius 2 is 1.85 bits per heavy atom. The van der Waals surface area contributed by atoms with Crippen molar-refractivity contribution >= 4 is 21.6 Å². The second-order valence-electron chi connectivity index (χ2n) is 6.44. The number of hydrogen-bond acceptors (Lipinski definition) is 4. The van der Waals surface area contributed by atoms with Gasteiger partial charge in [0.05, 0.1) is 19.1 Å². The summed E-state index contributed by atoms with van der Waals surface area (Å²) in [5.74, 6) is 0.0369. The van der Waals surface area contributed by atoms with E-state index in [1.54, 1.807) is 19.1 Å². The molecule has 1 atom stereocenters. The van der Waals surface area contributed by atoms with Gasteiger partial charge in [0.15, 0.2) is 0 Å². The highest BCUT2D eigenvalue weighted by atomic mass is 32.2. The summed E-state index contributed by atoms with van der Waals surface area (Å²) < 4.78 is 31.3. The Morgan fingerprint density at radius 3 is 2.44 bits per heavy atom. The van der Waals surface area contributed by atoms with Gasteiger partial charge < -0.3 is 10.1 Å². The minimum atomic E-state index is -3.70. The minimum absolute atomic E-state index is 0.353. The zero-order valence-electron chi connectivity index (χ0n) is 16.1. The molecule has 146 valence electrons. The molecule has 0 aromatic heterocycles. The van der Waals surface area contributed by atoms with Crippen molar-refractivity contribution in [1.82, 2.24) is 5.32 Å². The molecule has 0 saturated heterocycles. The number of carbonyl (C=O) groups excluding carboxylic acids is 1. The molecule has 1 N–H and O–H groups in total. The number of nitrogens with one attached hydrogen (secondary N) is 1. The molecule has 2 rings (SSSR count). The fraction of sp³-hybridized carbons (Fsp3) is 0.350. The number of hydrogen-bond donors (Lipinski definition) is 1. The molecule has 0 bridgehead atoms. The fourth-order valence-corrected chi connectivity index (χ4v) is 4.05. The van der Waals surface area contributed by atoms with E-state index in [4.69, 9.17) is 4.74 Å². The van der Waals surface area contributed by atoms with E-state index < -0.39 is 16.1 Å². The number of amides is 1. The van der Waals surface area contributed by atoms with Crippen LogP contribution >= 0.6 is 0 Å². The summed E-state index contributed by atoms with van der Waals surface area (Å²) in [7, 11) is -2.22. The van der Waals surface area contributed by atoms with Crippen LogP contribution in [-0.2, 0) is 21.2 Å². The summed E-state index contributed by atoms with van der Waals surface area (Å²) in [4.78, 5) is 12.6. The third-order valence-corrected chi connectivity index (χ3v) is 5.44. The summed E-state index contributed by atoms with van der Waals surface area (Å²) in [5.41, 5.74) is 2.33. The molecular formula is C20H26N2O4S. The number of benzene rings is 2. The topological polar surface area (TPSA) is 75.7 Å². The first-order valence-corrected chi connectivity index (χ1v) is 10.5. The molecule has 7 heteroatoms. The zero-order chi connectivity index (χ0) is 20.0. The number of aryl methyl sites for hydroxylation is 1. The lowest BCUT2D eigenvalue weighted by Crippen LogP contribution is -2.48. The van der Waals surface area contributed by atoms with Gasteiger partial charge in [-0.3, -0.25) is 9.10 Å². The predicted molar refractivity (Wildman–Crippen MR) is 108 cm³/mol. The van der Waals surface area contributed by atoms with Crippen LogP contribution in [0.3, 0.4) is 0 Å². The second kappa shape index (κ2) is 8.90. The number of sulfonamides is 1. The molecule has 0 radical (unpaired) electrons. The van der Waals surface area contributed by atoms with E-state index in [1.165, 1.54) is 7.11 Å². The number of ether oxygens (including phenoxy) is 1. The summed E-state index contributed by atoms with van der Waals surface area (Å²) >= 11 is 0. The Labute approximate surface area is 161 Å². The molecular weight excluding hydrogens is 364 g/mol. The molecule has 0 heterocycles. The summed E-state index contributed by atoms with van der Waals surface area (Å²) in [6.45, 7) is 3.85. The highest BCUT2D eigenvalue weighted by molar-refractivity contribution is 7.92. The monoisotopic (exact) mass is 390 g/mol. The van der Waals surface area contributed by atoms with Crippen molar-refractivity contribution in [3.8, 4) is 5.75 Å². The van der Waals surface area contributed by atoms with Gasteiger partial charge in [0.1, 0.15) is 11.8 Å². The highest BCUT2D eigenvalue weighted by Gasteiger charge is 2.31. The summed E-state index contributed by atoms with van der Waals surface area (Å²) in [6, 6.07) is 14.1. The molecule has 6 nitrogen and oxygen atoms in total. The summed E-state index contributed by atoms with van der Waals surface area (Å²) in [5, 5.41) is 2.82. The molecule has 2 aromatic rings. The normalized spacial score (nSPS) is 12.3. The maximum Gasteiger partial charge on any atom is 0.243 e. The molecule has 0 fully saturated rings. The van der Waals surface area contributed by atoms with Crippen LogP contribution in [0.4, 0.5) is 5.69 Å². The average Bonchev–Trinajstić information content (AvgIpc) is 2.61. The molecule has 0 saturated carbocycles. The van der Waals surface area contributed by atoms with Gasteiger partial charge in [0, 0.05) is 6.54 Å². The van der Waals surface area contributed by atoms with Crippen LogP contribution in [0.1, 0.15) is 18.1 Å². The van der Waals surface area contributed by atoms with E-state index in [2.05, 4.69) is 5.32 Å². The lowest BCUT2D eigenvalue weighted by molar-refractivity contribution is -0.121. The SMILES string of the molecule is COc1ccc(C)cc1N([C@@H](C)C(=O)NCCc1ccccc1)S(C)(=O)=O. The van der Waals surface area contributed by atoms with Crippen molar-refractivity contribution in [1.29, 1.82) is 0 Å². The Balaban J connectivity index is 2.19. The van der Waals surface area contributed by atoms with Gasteiger partial charge in [-0.15, -0.1) is 0 Å². The van der Waals surface area contributed by atoms with Crippen molar-refractivity contribution in [2.24, 2.45) is 0 Å². The Hall–Kier alpha value is -2.54. The lowest BCUT2D eigenvalue weighted by atomic mass is 10.1. The minimum Gasteiger partial charge on any atom is -0.495 e. The zero-order valence-corrected chi connectivity index (χ0v) is 16.9. The fourth-order valence-electron chi connectivity index (χ4n) is 2.88. The molecule has 0 aliphatic rings.